The van der Waals surface area contributed by atoms with E-state index < -0.39 is 18.1 Å². The summed E-state index contributed by atoms with van der Waals surface area (Å²) in [6.07, 6.45) is 1.71. The molecule has 3 unspecified atom stereocenters. The van der Waals surface area contributed by atoms with Gasteiger partial charge in [0.2, 0.25) is 0 Å². The van der Waals surface area contributed by atoms with Gasteiger partial charge in [-0.3, -0.25) is 5.32 Å². The molecule has 6 heteroatoms. The van der Waals surface area contributed by atoms with E-state index in [1.807, 2.05) is 20.8 Å². The normalized spacial score (nSPS) is 27.4. The topological polar surface area (TPSA) is 82.0 Å². The molecule has 2 heterocycles. The molecule has 3 rings (SSSR count). The number of rotatable bonds is 2. The summed E-state index contributed by atoms with van der Waals surface area (Å²) in [4.78, 5) is 14.0. The van der Waals surface area contributed by atoms with Gasteiger partial charge in [-0.15, -0.1) is 0 Å². The van der Waals surface area contributed by atoms with E-state index in [4.69, 9.17) is 4.74 Å². The number of aliphatic hydroxyl groups excluding tert-OH is 2. The van der Waals surface area contributed by atoms with E-state index in [9.17, 15) is 15.0 Å². The first kappa shape index (κ1) is 20.1. The molecule has 2 saturated heterocycles. The molecule has 1 amide bonds. The summed E-state index contributed by atoms with van der Waals surface area (Å²) in [6, 6.07) is 8.45. The average Bonchev–Trinajstić information content (AvgIpc) is 2.61. The van der Waals surface area contributed by atoms with Crippen molar-refractivity contribution in [2.45, 2.75) is 76.3 Å². The fourth-order valence-corrected chi connectivity index (χ4v) is 3.98. The quantitative estimate of drug-likeness (QED) is 0.739. The summed E-state index contributed by atoms with van der Waals surface area (Å²) in [5.74, 6) is 0.449. The molecule has 3 N–H and O–H groups in total. The smallest absolute Gasteiger partial charge is 0.410 e. The molecule has 0 bridgehead atoms. The summed E-state index contributed by atoms with van der Waals surface area (Å²) in [5.41, 5.74) is 1.91. The standard InChI is InChI=1S/C21H32N2O4/c1-21(2,3)27-20(26)23-12-10-15(11-13-23)14-4-6-16(7-5-14)17-8-9-18(24)22-19(17)25/h4-7,15,17-19,22,24-25H,8-13H2,1-3H3. The van der Waals surface area contributed by atoms with Gasteiger partial charge in [0.05, 0.1) is 0 Å². The molecule has 1 aromatic rings. The molecule has 150 valence electrons. The Labute approximate surface area is 161 Å². The lowest BCUT2D eigenvalue weighted by atomic mass is 9.85. The van der Waals surface area contributed by atoms with Gasteiger partial charge in [0, 0.05) is 19.0 Å². The minimum absolute atomic E-state index is 0.0106. The third-order valence-electron chi connectivity index (χ3n) is 5.48. The largest absolute Gasteiger partial charge is 0.444 e. The van der Waals surface area contributed by atoms with E-state index in [-0.39, 0.29) is 12.0 Å². The summed E-state index contributed by atoms with van der Waals surface area (Å²) < 4.78 is 5.46. The number of ether oxygens (including phenoxy) is 1. The summed E-state index contributed by atoms with van der Waals surface area (Å²) in [5, 5.41) is 22.5. The van der Waals surface area contributed by atoms with Crippen molar-refractivity contribution in [1.82, 2.24) is 10.2 Å². The third kappa shape index (κ3) is 5.21. The predicted molar refractivity (Wildman–Crippen MR) is 103 cm³/mol. The van der Waals surface area contributed by atoms with Crippen LogP contribution in [0.15, 0.2) is 24.3 Å². The number of carbonyl (C=O) groups excluding carboxylic acids is 1. The van der Waals surface area contributed by atoms with Gasteiger partial charge < -0.3 is 19.8 Å². The van der Waals surface area contributed by atoms with Gasteiger partial charge in [-0.1, -0.05) is 24.3 Å². The first-order chi connectivity index (χ1) is 12.7. The molecule has 27 heavy (non-hydrogen) atoms. The molecular formula is C21H32N2O4. The van der Waals surface area contributed by atoms with Crippen LogP contribution in [0.2, 0.25) is 0 Å². The van der Waals surface area contributed by atoms with E-state index in [0.29, 0.717) is 25.4 Å². The van der Waals surface area contributed by atoms with Gasteiger partial charge in [0.25, 0.3) is 0 Å². The SMILES string of the molecule is CC(C)(C)OC(=O)N1CCC(c2ccc(C3CCC(O)NC3O)cc2)CC1. The zero-order valence-corrected chi connectivity index (χ0v) is 16.5. The number of likely N-dealkylation sites (tertiary alicyclic amines) is 1. The minimum atomic E-state index is -0.711. The average molecular weight is 376 g/mol. The maximum atomic E-state index is 12.2. The van der Waals surface area contributed by atoms with Gasteiger partial charge in [0.1, 0.15) is 18.1 Å². The van der Waals surface area contributed by atoms with E-state index in [2.05, 4.69) is 29.6 Å². The number of hydrogen-bond donors (Lipinski definition) is 3. The van der Waals surface area contributed by atoms with Crippen molar-refractivity contribution in [1.29, 1.82) is 0 Å². The van der Waals surface area contributed by atoms with Crippen molar-refractivity contribution >= 4 is 6.09 Å². The van der Waals surface area contributed by atoms with E-state index >= 15 is 0 Å². The second-order valence-corrected chi connectivity index (χ2v) is 8.72. The van der Waals surface area contributed by atoms with Gasteiger partial charge in [-0.2, -0.15) is 0 Å². The Morgan fingerprint density at radius 3 is 2.19 bits per heavy atom. The van der Waals surface area contributed by atoms with Crippen molar-refractivity contribution < 1.29 is 19.7 Å². The Hall–Kier alpha value is -1.63. The lowest BCUT2D eigenvalue weighted by Crippen LogP contribution is -2.46. The first-order valence-electron chi connectivity index (χ1n) is 9.93. The van der Waals surface area contributed by atoms with Crippen molar-refractivity contribution in [2.24, 2.45) is 0 Å². The lowest BCUT2D eigenvalue weighted by Gasteiger charge is -2.34. The fraction of sp³-hybridized carbons (Fsp3) is 0.667. The number of hydrogen-bond acceptors (Lipinski definition) is 5. The fourth-order valence-electron chi connectivity index (χ4n) is 3.98. The second kappa shape index (κ2) is 8.17. The Morgan fingerprint density at radius 2 is 1.63 bits per heavy atom. The molecule has 0 saturated carbocycles. The number of carbonyl (C=O) groups is 1. The molecule has 0 aromatic heterocycles. The van der Waals surface area contributed by atoms with Gasteiger partial charge in [0.15, 0.2) is 0 Å². The monoisotopic (exact) mass is 376 g/mol. The number of nitrogens with zero attached hydrogens (tertiary/aromatic N) is 1. The molecule has 6 nitrogen and oxygen atoms in total. The highest BCUT2D eigenvalue weighted by atomic mass is 16.6. The van der Waals surface area contributed by atoms with E-state index in [1.54, 1.807) is 4.90 Å². The lowest BCUT2D eigenvalue weighted by molar-refractivity contribution is -0.0100. The van der Waals surface area contributed by atoms with Crippen LogP contribution in [0.1, 0.15) is 69.4 Å². The number of amides is 1. The number of nitrogens with one attached hydrogen (secondary N) is 1. The van der Waals surface area contributed by atoms with Crippen LogP contribution in [-0.4, -0.2) is 52.4 Å². The highest BCUT2D eigenvalue weighted by Crippen LogP contribution is 2.32. The first-order valence-corrected chi connectivity index (χ1v) is 9.93. The number of aliphatic hydroxyl groups is 2. The van der Waals surface area contributed by atoms with Crippen molar-refractivity contribution in [3.63, 3.8) is 0 Å². The molecule has 0 radical (unpaired) electrons. The van der Waals surface area contributed by atoms with Crippen LogP contribution in [0.4, 0.5) is 4.79 Å². The maximum Gasteiger partial charge on any atom is 0.410 e. The molecule has 3 atom stereocenters. The molecule has 1 aromatic carbocycles. The molecule has 2 fully saturated rings. The van der Waals surface area contributed by atoms with Crippen molar-refractivity contribution in [2.75, 3.05) is 13.1 Å². The molecule has 2 aliphatic rings. The molecular weight excluding hydrogens is 344 g/mol. The Kier molecular flexibility index (Phi) is 6.08. The second-order valence-electron chi connectivity index (χ2n) is 8.72. The minimum Gasteiger partial charge on any atom is -0.444 e. The Balaban J connectivity index is 1.55. The van der Waals surface area contributed by atoms with Crippen LogP contribution in [-0.2, 0) is 4.74 Å². The highest BCUT2D eigenvalue weighted by Gasteiger charge is 2.30. The zero-order chi connectivity index (χ0) is 19.6. The van der Waals surface area contributed by atoms with Crippen LogP contribution in [0.5, 0.6) is 0 Å². The molecule has 0 spiro atoms. The number of piperidine rings is 2. The van der Waals surface area contributed by atoms with Gasteiger partial charge in [-0.25, -0.2) is 4.79 Å². The van der Waals surface area contributed by atoms with Gasteiger partial charge in [-0.05, 0) is 63.5 Å². The summed E-state index contributed by atoms with van der Waals surface area (Å²) >= 11 is 0. The van der Waals surface area contributed by atoms with Crippen LogP contribution >= 0.6 is 0 Å². The van der Waals surface area contributed by atoms with Crippen LogP contribution in [0.3, 0.4) is 0 Å². The Morgan fingerprint density at radius 1 is 1.04 bits per heavy atom. The molecule has 0 aliphatic carbocycles. The predicted octanol–water partition coefficient (Wildman–Crippen LogP) is 2.90. The van der Waals surface area contributed by atoms with Crippen molar-refractivity contribution in [3.05, 3.63) is 35.4 Å². The van der Waals surface area contributed by atoms with Crippen LogP contribution in [0, 0.1) is 0 Å². The van der Waals surface area contributed by atoms with Crippen molar-refractivity contribution in [3.8, 4) is 0 Å². The maximum absolute atomic E-state index is 12.2. The zero-order valence-electron chi connectivity index (χ0n) is 16.5. The summed E-state index contributed by atoms with van der Waals surface area (Å²) in [7, 11) is 0. The van der Waals surface area contributed by atoms with Crippen LogP contribution < -0.4 is 5.32 Å². The highest BCUT2D eigenvalue weighted by molar-refractivity contribution is 5.68. The van der Waals surface area contributed by atoms with E-state index in [1.165, 1.54) is 5.56 Å². The molecule has 2 aliphatic heterocycles. The summed E-state index contributed by atoms with van der Waals surface area (Å²) in [6.45, 7) is 7.09. The van der Waals surface area contributed by atoms with Crippen LogP contribution in [0.25, 0.3) is 0 Å². The Bertz CT molecular complexity index is 633. The van der Waals surface area contributed by atoms with Gasteiger partial charge >= 0.3 is 6.09 Å². The van der Waals surface area contributed by atoms with E-state index in [0.717, 1.165) is 24.8 Å². The number of benzene rings is 1. The third-order valence-corrected chi connectivity index (χ3v) is 5.48.